The molecule has 1 aromatic rings. The molecular formula is C50H78N4O9. The predicted molar refractivity (Wildman–Crippen MR) is 243 cm³/mol. The molecule has 0 bridgehead atoms. The van der Waals surface area contributed by atoms with E-state index >= 15 is 0 Å². The lowest BCUT2D eigenvalue weighted by molar-refractivity contribution is -0.142. The summed E-state index contributed by atoms with van der Waals surface area (Å²) in [6, 6.07) is 6.80. The average molecular weight is 879 g/mol. The van der Waals surface area contributed by atoms with E-state index in [9.17, 15) is 29.1 Å². The molecule has 10 atom stereocenters. The van der Waals surface area contributed by atoms with Gasteiger partial charge in [-0.05, 0) is 104 Å². The van der Waals surface area contributed by atoms with Crippen molar-refractivity contribution in [2.45, 2.75) is 150 Å². The molecule has 0 saturated heterocycles. The van der Waals surface area contributed by atoms with E-state index in [2.05, 4.69) is 62.0 Å². The van der Waals surface area contributed by atoms with E-state index in [-0.39, 0.29) is 49.8 Å². The highest BCUT2D eigenvalue weighted by Crippen LogP contribution is 2.67. The monoisotopic (exact) mass is 879 g/mol. The van der Waals surface area contributed by atoms with Crippen molar-refractivity contribution in [3.05, 3.63) is 47.5 Å². The number of fused-ring (bicyclic) bond motifs is 5. The number of aliphatic carboxylic acids is 1. The predicted octanol–water partition coefficient (Wildman–Crippen LogP) is 7.37. The number of carbonyl (C=O) groups is 5. The highest BCUT2D eigenvalue weighted by atomic mass is 16.6. The first kappa shape index (κ1) is 50.0. The standard InChI is InChI=1S/C50H78N4O9/c1-33(2)11-10-12-34(3)40-17-18-41-39-16-15-37-32-38(21-23-49(37,5)42(39)22-24-50(40,41)6)63-48(60)52-26-28-62-30-29-61-27-25-51-44(55)19-20-45(56)53-35(4)46(57)54-43(47(58)59)31-36-13-8-7-9-14-36/h7-9,13-15,33-35,38-43H,10-12,16-32H2,1-6H3,(H,51,55)(H,52,60)(H,53,56)(H,54,57)(H,58,59)/t34-,35+,38?,39+,40-,41+,42+,43+,49+,50-/m1/s1. The number of allylic oxidation sites excluding steroid dienone is 1. The fourth-order valence-corrected chi connectivity index (χ4v) is 11.8. The van der Waals surface area contributed by atoms with Crippen molar-refractivity contribution >= 4 is 29.8 Å². The number of carboxylic acid groups (broad SMARTS) is 1. The highest BCUT2D eigenvalue weighted by Gasteiger charge is 2.59. The van der Waals surface area contributed by atoms with Gasteiger partial charge in [-0.1, -0.05) is 95.9 Å². The fraction of sp³-hybridized carbons (Fsp3) is 0.740. The van der Waals surface area contributed by atoms with E-state index in [1.165, 1.54) is 63.9 Å². The Labute approximate surface area is 376 Å². The Bertz CT molecular complexity index is 1700. The number of ether oxygens (including phenoxy) is 3. The van der Waals surface area contributed by atoms with Gasteiger partial charge < -0.3 is 40.6 Å². The Morgan fingerprint density at radius 1 is 0.794 bits per heavy atom. The van der Waals surface area contributed by atoms with E-state index in [0.717, 1.165) is 60.3 Å². The van der Waals surface area contributed by atoms with Crippen LogP contribution >= 0.6 is 0 Å². The van der Waals surface area contributed by atoms with E-state index in [1.54, 1.807) is 24.3 Å². The maximum atomic E-state index is 12.7. The minimum atomic E-state index is -1.18. The smallest absolute Gasteiger partial charge is 0.407 e. The van der Waals surface area contributed by atoms with Crippen molar-refractivity contribution in [1.29, 1.82) is 0 Å². The van der Waals surface area contributed by atoms with Crippen LogP contribution < -0.4 is 21.3 Å². The molecule has 1 unspecified atom stereocenters. The second kappa shape index (κ2) is 23.8. The number of amides is 4. The van der Waals surface area contributed by atoms with Crippen LogP contribution in [0.2, 0.25) is 0 Å². The van der Waals surface area contributed by atoms with Crippen LogP contribution in [0.3, 0.4) is 0 Å². The number of alkyl carbamates (subject to hydrolysis) is 1. The van der Waals surface area contributed by atoms with Crippen molar-refractivity contribution in [2.24, 2.45) is 46.3 Å². The first-order chi connectivity index (χ1) is 30.1. The van der Waals surface area contributed by atoms with E-state index in [0.29, 0.717) is 31.8 Å². The molecule has 0 heterocycles. The minimum Gasteiger partial charge on any atom is -0.480 e. The zero-order valence-corrected chi connectivity index (χ0v) is 39.0. The van der Waals surface area contributed by atoms with Crippen LogP contribution in [0.25, 0.3) is 0 Å². The number of carboxylic acids is 1. The molecule has 3 fully saturated rings. The molecule has 5 N–H and O–H groups in total. The number of nitrogens with one attached hydrogen (secondary N) is 4. The number of rotatable bonds is 24. The van der Waals surface area contributed by atoms with Crippen LogP contribution in [-0.2, 0) is 39.8 Å². The van der Waals surface area contributed by atoms with E-state index in [4.69, 9.17) is 14.2 Å². The van der Waals surface area contributed by atoms with Crippen LogP contribution in [0.1, 0.15) is 131 Å². The zero-order chi connectivity index (χ0) is 45.6. The Morgan fingerprint density at radius 3 is 2.19 bits per heavy atom. The Kier molecular flexibility index (Phi) is 18.9. The van der Waals surface area contributed by atoms with Gasteiger partial charge >= 0.3 is 12.1 Å². The van der Waals surface area contributed by atoms with Gasteiger partial charge in [-0.3, -0.25) is 14.4 Å². The summed E-state index contributed by atoms with van der Waals surface area (Å²) in [4.78, 5) is 61.5. The maximum Gasteiger partial charge on any atom is 0.407 e. The number of carbonyl (C=O) groups excluding carboxylic acids is 4. The third kappa shape index (κ3) is 14.0. The van der Waals surface area contributed by atoms with Gasteiger partial charge in [-0.2, -0.15) is 0 Å². The van der Waals surface area contributed by atoms with Gasteiger partial charge in [0, 0.05) is 38.8 Å². The summed E-state index contributed by atoms with van der Waals surface area (Å²) < 4.78 is 17.0. The molecule has 4 aliphatic carbocycles. The first-order valence-electron chi connectivity index (χ1n) is 24.0. The molecule has 0 aliphatic heterocycles. The summed E-state index contributed by atoms with van der Waals surface area (Å²) in [7, 11) is 0. The van der Waals surface area contributed by atoms with Crippen LogP contribution in [0.5, 0.6) is 0 Å². The molecule has 13 heteroatoms. The summed E-state index contributed by atoms with van der Waals surface area (Å²) in [6.45, 7) is 15.7. The SMILES string of the molecule is CC(C)CCC[C@@H](C)[C@H]1CC[C@H]2[C@@H]3CC=C4CC(OC(=O)NCCOCCOCCNC(=O)CCC(=O)N[C@@H](C)C(=O)N[C@@H](Cc5ccccc5)C(=O)O)CC[C@]4(C)[C@H]3CC[C@]12C. The Hall–Kier alpha value is -3.97. The van der Waals surface area contributed by atoms with Gasteiger partial charge in [0.25, 0.3) is 0 Å². The third-order valence-corrected chi connectivity index (χ3v) is 15.2. The van der Waals surface area contributed by atoms with Gasteiger partial charge in [-0.15, -0.1) is 0 Å². The van der Waals surface area contributed by atoms with Crippen LogP contribution in [-0.4, -0.2) is 92.6 Å². The van der Waals surface area contributed by atoms with Crippen molar-refractivity contribution in [3.8, 4) is 0 Å². The van der Waals surface area contributed by atoms with Gasteiger partial charge in [0.15, 0.2) is 0 Å². The second-order valence-electron chi connectivity index (χ2n) is 19.9. The van der Waals surface area contributed by atoms with Gasteiger partial charge in [0.2, 0.25) is 17.7 Å². The molecule has 0 radical (unpaired) electrons. The number of benzene rings is 1. The summed E-state index contributed by atoms with van der Waals surface area (Å²) in [5.74, 6) is 2.17. The molecule has 4 amide bonds. The van der Waals surface area contributed by atoms with E-state index in [1.807, 2.05) is 6.07 Å². The van der Waals surface area contributed by atoms with Crippen molar-refractivity contribution in [2.75, 3.05) is 39.5 Å². The molecule has 63 heavy (non-hydrogen) atoms. The molecule has 3 saturated carbocycles. The van der Waals surface area contributed by atoms with Crippen LogP contribution in [0.15, 0.2) is 42.0 Å². The molecule has 5 rings (SSSR count). The number of hydrogen-bond acceptors (Lipinski definition) is 8. The summed E-state index contributed by atoms with van der Waals surface area (Å²) in [5, 5.41) is 20.0. The summed E-state index contributed by atoms with van der Waals surface area (Å²) >= 11 is 0. The lowest BCUT2D eigenvalue weighted by atomic mass is 9.47. The fourth-order valence-electron chi connectivity index (χ4n) is 11.8. The molecule has 13 nitrogen and oxygen atoms in total. The topological polar surface area (TPSA) is 181 Å². The van der Waals surface area contributed by atoms with Crippen LogP contribution in [0, 0.1) is 46.3 Å². The lowest BCUT2D eigenvalue weighted by Gasteiger charge is -2.58. The average Bonchev–Trinajstić information content (AvgIpc) is 3.61. The zero-order valence-electron chi connectivity index (χ0n) is 39.0. The number of hydrogen-bond donors (Lipinski definition) is 5. The molecule has 352 valence electrons. The van der Waals surface area contributed by atoms with E-state index < -0.39 is 36.0 Å². The molecule has 4 aliphatic rings. The largest absolute Gasteiger partial charge is 0.480 e. The van der Waals surface area contributed by atoms with Crippen molar-refractivity contribution < 1.29 is 43.3 Å². The highest BCUT2D eigenvalue weighted by molar-refractivity contribution is 5.91. The molecule has 0 aromatic heterocycles. The second-order valence-corrected chi connectivity index (χ2v) is 19.9. The summed E-state index contributed by atoms with van der Waals surface area (Å²) in [5.41, 5.74) is 2.96. The quantitative estimate of drug-likeness (QED) is 0.0524. The molecule has 0 spiro atoms. The maximum absolute atomic E-state index is 12.7. The third-order valence-electron chi connectivity index (χ3n) is 15.2. The molecular weight excluding hydrogens is 801 g/mol. The Morgan fingerprint density at radius 2 is 1.49 bits per heavy atom. The Balaban J connectivity index is 0.879. The van der Waals surface area contributed by atoms with Crippen molar-refractivity contribution in [3.63, 3.8) is 0 Å². The minimum absolute atomic E-state index is 0.0812. The summed E-state index contributed by atoms with van der Waals surface area (Å²) in [6.07, 6.45) is 15.5. The van der Waals surface area contributed by atoms with Crippen LogP contribution in [0.4, 0.5) is 4.79 Å². The van der Waals surface area contributed by atoms with Gasteiger partial charge in [-0.25, -0.2) is 9.59 Å². The molecule has 1 aromatic carbocycles. The normalized spacial score (nSPS) is 27.7. The van der Waals surface area contributed by atoms with Gasteiger partial charge in [0.1, 0.15) is 18.2 Å². The van der Waals surface area contributed by atoms with Crippen molar-refractivity contribution in [1.82, 2.24) is 21.3 Å². The first-order valence-corrected chi connectivity index (χ1v) is 24.0. The van der Waals surface area contributed by atoms with Gasteiger partial charge in [0.05, 0.1) is 26.4 Å². The lowest BCUT2D eigenvalue weighted by Crippen LogP contribution is -2.51.